The number of aryl methyl sites for hydroxylation is 1. The molecule has 0 bridgehead atoms. The molecule has 0 saturated carbocycles. The zero-order chi connectivity index (χ0) is 33.2. The largest absolute Gasteiger partial charge is 0.484 e. The Morgan fingerprint density at radius 1 is 0.957 bits per heavy atom. The highest BCUT2D eigenvalue weighted by Gasteiger charge is 2.27. The zero-order valence-electron chi connectivity index (χ0n) is 25.5. The van der Waals surface area contributed by atoms with Gasteiger partial charge in [-0.2, -0.15) is 0 Å². The van der Waals surface area contributed by atoms with Gasteiger partial charge in [-0.15, -0.1) is 21.5 Å². The summed E-state index contributed by atoms with van der Waals surface area (Å²) in [6.07, 6.45) is 0. The second kappa shape index (κ2) is 16.2. The van der Waals surface area contributed by atoms with Crippen molar-refractivity contribution in [2.45, 2.75) is 39.4 Å². The SMILES string of the molecule is CCOC(=O)c1sc(NC(=O)CSc2nnc(CNC(=O)COc3ccc(Cl)cc3)n2-c2cccc(C)c2)c(C(=O)OCC)c1C. The first-order chi connectivity index (χ1) is 22.1. The zero-order valence-corrected chi connectivity index (χ0v) is 27.9. The maximum Gasteiger partial charge on any atom is 0.348 e. The number of esters is 2. The van der Waals surface area contributed by atoms with Gasteiger partial charge in [0.1, 0.15) is 15.6 Å². The summed E-state index contributed by atoms with van der Waals surface area (Å²) in [7, 11) is 0. The number of halogens is 1. The van der Waals surface area contributed by atoms with Crippen molar-refractivity contribution < 1.29 is 33.4 Å². The Labute approximate surface area is 278 Å². The normalized spacial score (nSPS) is 10.7. The number of benzene rings is 2. The third-order valence-electron chi connectivity index (χ3n) is 6.26. The van der Waals surface area contributed by atoms with Gasteiger partial charge in [0.2, 0.25) is 5.91 Å². The summed E-state index contributed by atoms with van der Waals surface area (Å²) < 4.78 is 17.5. The molecule has 2 N–H and O–H groups in total. The molecular formula is C31H32ClN5O7S2. The topological polar surface area (TPSA) is 151 Å². The number of carbonyl (C=O) groups excluding carboxylic acids is 4. The van der Waals surface area contributed by atoms with Crippen LogP contribution in [0.3, 0.4) is 0 Å². The van der Waals surface area contributed by atoms with Gasteiger partial charge in [-0.1, -0.05) is 35.5 Å². The van der Waals surface area contributed by atoms with Crippen LogP contribution in [0.1, 0.15) is 50.8 Å². The van der Waals surface area contributed by atoms with E-state index in [4.69, 9.17) is 25.8 Å². The van der Waals surface area contributed by atoms with Gasteiger partial charge in [0.15, 0.2) is 17.6 Å². The minimum absolute atomic E-state index is 0.0461. The molecule has 46 heavy (non-hydrogen) atoms. The number of nitrogens with zero attached hydrogens (tertiary/aromatic N) is 3. The number of aromatic nitrogens is 3. The second-order valence-electron chi connectivity index (χ2n) is 9.63. The molecular weight excluding hydrogens is 654 g/mol. The van der Waals surface area contributed by atoms with Gasteiger partial charge in [0.25, 0.3) is 5.91 Å². The molecule has 242 valence electrons. The summed E-state index contributed by atoms with van der Waals surface area (Å²) in [5.41, 5.74) is 2.21. The average Bonchev–Trinajstić information content (AvgIpc) is 3.59. The molecule has 0 aliphatic rings. The van der Waals surface area contributed by atoms with E-state index in [0.29, 0.717) is 27.3 Å². The Kier molecular flexibility index (Phi) is 12.2. The fourth-order valence-corrected chi connectivity index (χ4v) is 6.18. The maximum absolute atomic E-state index is 13.1. The number of hydrogen-bond donors (Lipinski definition) is 2. The van der Waals surface area contributed by atoms with E-state index in [1.165, 1.54) is 0 Å². The Balaban J connectivity index is 1.48. The van der Waals surface area contributed by atoms with Crippen molar-refractivity contribution in [3.63, 3.8) is 0 Å². The average molecular weight is 686 g/mol. The number of thioether (sulfide) groups is 1. The fourth-order valence-electron chi connectivity index (χ4n) is 4.18. The molecule has 4 aromatic rings. The van der Waals surface area contributed by atoms with Gasteiger partial charge in [-0.25, -0.2) is 9.59 Å². The number of anilines is 1. The number of thiophene rings is 1. The summed E-state index contributed by atoms with van der Waals surface area (Å²) >= 11 is 7.96. The Bertz CT molecular complexity index is 1720. The smallest absolute Gasteiger partial charge is 0.348 e. The molecule has 0 spiro atoms. The van der Waals surface area contributed by atoms with E-state index in [9.17, 15) is 19.2 Å². The highest BCUT2D eigenvalue weighted by molar-refractivity contribution is 7.99. The van der Waals surface area contributed by atoms with Gasteiger partial charge >= 0.3 is 11.9 Å². The lowest BCUT2D eigenvalue weighted by Crippen LogP contribution is -2.29. The predicted molar refractivity (Wildman–Crippen MR) is 175 cm³/mol. The van der Waals surface area contributed by atoms with E-state index in [1.54, 1.807) is 49.6 Å². The van der Waals surface area contributed by atoms with Gasteiger partial charge < -0.3 is 24.8 Å². The molecule has 0 fully saturated rings. The molecule has 0 saturated heterocycles. The molecule has 0 atom stereocenters. The third-order valence-corrected chi connectivity index (χ3v) is 8.63. The first-order valence-corrected chi connectivity index (χ1v) is 16.4. The van der Waals surface area contributed by atoms with E-state index in [0.717, 1.165) is 34.3 Å². The van der Waals surface area contributed by atoms with Gasteiger partial charge in [0, 0.05) is 10.7 Å². The highest BCUT2D eigenvalue weighted by atomic mass is 35.5. The standard InChI is InChI=1S/C31H32ClN5O7S2/c1-5-42-29(40)26-19(4)27(30(41)43-6-2)46-28(26)34-25(39)17-45-31-36-35-23(37(31)21-9-7-8-18(3)14-21)15-33-24(38)16-44-22-12-10-20(32)11-13-22/h7-14H,5-6,15-17H2,1-4H3,(H,33,38)(H,34,39). The van der Waals surface area contributed by atoms with Crippen molar-refractivity contribution in [1.29, 1.82) is 0 Å². The number of carbonyl (C=O) groups is 4. The molecule has 12 nitrogen and oxygen atoms in total. The second-order valence-corrected chi connectivity index (χ2v) is 12.0. The van der Waals surface area contributed by atoms with Crippen molar-refractivity contribution in [3.8, 4) is 11.4 Å². The van der Waals surface area contributed by atoms with Crippen LogP contribution in [-0.4, -0.2) is 64.1 Å². The van der Waals surface area contributed by atoms with E-state index in [-0.39, 0.29) is 53.5 Å². The van der Waals surface area contributed by atoms with Crippen molar-refractivity contribution >= 4 is 63.5 Å². The number of amides is 2. The first-order valence-electron chi connectivity index (χ1n) is 14.2. The third kappa shape index (κ3) is 8.86. The van der Waals surface area contributed by atoms with E-state index < -0.39 is 17.8 Å². The number of hydrogen-bond acceptors (Lipinski definition) is 11. The lowest BCUT2D eigenvalue weighted by Gasteiger charge is -2.12. The van der Waals surface area contributed by atoms with Crippen molar-refractivity contribution in [3.05, 3.63) is 80.9 Å². The lowest BCUT2D eigenvalue weighted by molar-refractivity contribution is -0.123. The molecule has 15 heteroatoms. The molecule has 2 amide bonds. The van der Waals surface area contributed by atoms with Crippen LogP contribution in [-0.2, 0) is 25.6 Å². The molecule has 0 aliphatic carbocycles. The summed E-state index contributed by atoms with van der Waals surface area (Å²) in [6.45, 7) is 7.01. The number of nitrogens with one attached hydrogen (secondary N) is 2. The fraction of sp³-hybridized carbons (Fsp3) is 0.290. The van der Waals surface area contributed by atoms with Crippen LogP contribution in [0.2, 0.25) is 5.02 Å². The van der Waals surface area contributed by atoms with Gasteiger partial charge in [0.05, 0.1) is 31.1 Å². The molecule has 0 radical (unpaired) electrons. The summed E-state index contributed by atoms with van der Waals surface area (Å²) in [5.74, 6) is -1.21. The van der Waals surface area contributed by atoms with Gasteiger partial charge in [-0.05, 0) is 75.2 Å². The van der Waals surface area contributed by atoms with Crippen molar-refractivity contribution in [2.75, 3.05) is 30.9 Å². The van der Waals surface area contributed by atoms with Crippen LogP contribution in [0.4, 0.5) is 5.00 Å². The minimum Gasteiger partial charge on any atom is -0.484 e. The van der Waals surface area contributed by atoms with Crippen LogP contribution in [0, 0.1) is 13.8 Å². The monoisotopic (exact) mass is 685 g/mol. The van der Waals surface area contributed by atoms with E-state index in [1.807, 2.05) is 31.2 Å². The summed E-state index contributed by atoms with van der Waals surface area (Å²) in [4.78, 5) is 51.1. The highest BCUT2D eigenvalue weighted by Crippen LogP contribution is 2.35. The summed E-state index contributed by atoms with van der Waals surface area (Å²) in [5, 5.41) is 15.2. The predicted octanol–water partition coefficient (Wildman–Crippen LogP) is 5.38. The molecule has 0 unspecified atom stereocenters. The van der Waals surface area contributed by atoms with Crippen LogP contribution >= 0.6 is 34.7 Å². The van der Waals surface area contributed by atoms with Crippen molar-refractivity contribution in [1.82, 2.24) is 20.1 Å². The van der Waals surface area contributed by atoms with Crippen molar-refractivity contribution in [2.24, 2.45) is 0 Å². The molecule has 4 rings (SSSR count). The van der Waals surface area contributed by atoms with Crippen LogP contribution < -0.4 is 15.4 Å². The molecule has 2 aromatic heterocycles. The number of rotatable bonds is 14. The van der Waals surface area contributed by atoms with Crippen LogP contribution in [0.15, 0.2) is 53.7 Å². The Morgan fingerprint density at radius 2 is 1.67 bits per heavy atom. The van der Waals surface area contributed by atoms with E-state index >= 15 is 0 Å². The number of ether oxygens (including phenoxy) is 3. The quantitative estimate of drug-likeness (QED) is 0.131. The molecule has 2 heterocycles. The van der Waals surface area contributed by atoms with Crippen LogP contribution in [0.25, 0.3) is 5.69 Å². The minimum atomic E-state index is -0.654. The molecule has 2 aromatic carbocycles. The molecule has 0 aliphatic heterocycles. The van der Waals surface area contributed by atoms with E-state index in [2.05, 4.69) is 20.8 Å². The lowest BCUT2D eigenvalue weighted by atomic mass is 10.1. The maximum atomic E-state index is 13.1. The van der Waals surface area contributed by atoms with Gasteiger partial charge in [-0.3, -0.25) is 14.2 Å². The van der Waals surface area contributed by atoms with Crippen LogP contribution in [0.5, 0.6) is 5.75 Å². The Morgan fingerprint density at radius 3 is 2.37 bits per heavy atom. The summed E-state index contributed by atoms with van der Waals surface area (Å²) in [6, 6.07) is 14.3. The first kappa shape index (κ1) is 34.5. The Hall–Kier alpha value is -4.40.